The number of hydrogen-bond acceptors (Lipinski definition) is 2. The number of carbonyl (C=O) groups excluding carboxylic acids is 1. The molecular weight excluding hydrogens is 255 g/mol. The Morgan fingerprint density at radius 2 is 2.00 bits per heavy atom. The maximum absolute atomic E-state index is 11.1. The third-order valence-corrected chi connectivity index (χ3v) is 3.44. The van der Waals surface area contributed by atoms with Crippen LogP contribution >= 0.6 is 0 Å². The van der Waals surface area contributed by atoms with Crippen LogP contribution in [0.4, 0.5) is 0 Å². The van der Waals surface area contributed by atoms with Gasteiger partial charge in [-0.1, -0.05) is 0 Å². The van der Waals surface area contributed by atoms with E-state index in [0.717, 1.165) is 5.56 Å². The van der Waals surface area contributed by atoms with E-state index in [4.69, 9.17) is 4.74 Å². The molecule has 3 heteroatoms. The Morgan fingerprint density at radius 1 is 1.40 bits per heavy atom. The van der Waals surface area contributed by atoms with Crippen LogP contribution in [0.2, 0.25) is 5.82 Å². The van der Waals surface area contributed by atoms with Crippen LogP contribution in [0.5, 0.6) is 0 Å². The molecule has 2 nitrogen and oxygen atoms in total. The van der Waals surface area contributed by atoms with E-state index < -0.39 is 0 Å². The second-order valence-electron chi connectivity index (χ2n) is 3.20. The van der Waals surface area contributed by atoms with E-state index in [-0.39, 0.29) is 5.97 Å². The molecule has 0 spiro atoms. The number of ether oxygens (including phenoxy) is 1. The molecule has 80 valence electrons. The Balaban J connectivity index is 2.51. The SMILES string of the molecule is C=C(C)C(=O)OCc1ccc([Se]C)cc1. The molecule has 0 saturated carbocycles. The molecular formula is C12H14O2Se. The van der Waals surface area contributed by atoms with Crippen LogP contribution in [-0.2, 0) is 16.1 Å². The third kappa shape index (κ3) is 3.90. The van der Waals surface area contributed by atoms with Crippen molar-refractivity contribution >= 4 is 25.4 Å². The van der Waals surface area contributed by atoms with Crippen molar-refractivity contribution in [2.24, 2.45) is 0 Å². The number of carbonyl (C=O) groups is 1. The van der Waals surface area contributed by atoms with Crippen molar-refractivity contribution in [3.05, 3.63) is 42.0 Å². The molecule has 0 unspecified atom stereocenters. The summed E-state index contributed by atoms with van der Waals surface area (Å²) in [5.74, 6) is 1.84. The van der Waals surface area contributed by atoms with E-state index in [9.17, 15) is 4.79 Å². The van der Waals surface area contributed by atoms with E-state index in [0.29, 0.717) is 27.1 Å². The van der Waals surface area contributed by atoms with Crippen molar-refractivity contribution in [1.29, 1.82) is 0 Å². The molecule has 0 aliphatic rings. The van der Waals surface area contributed by atoms with Crippen molar-refractivity contribution < 1.29 is 9.53 Å². The van der Waals surface area contributed by atoms with Crippen LogP contribution in [0.15, 0.2) is 36.4 Å². The molecule has 0 aliphatic carbocycles. The summed E-state index contributed by atoms with van der Waals surface area (Å²) in [5.41, 5.74) is 1.45. The van der Waals surface area contributed by atoms with Gasteiger partial charge in [-0.15, -0.1) is 0 Å². The first-order valence-corrected chi connectivity index (χ1v) is 7.16. The van der Waals surface area contributed by atoms with Gasteiger partial charge in [0.2, 0.25) is 0 Å². The standard InChI is InChI=1S/C12H14O2Se/c1-9(2)12(13)14-8-10-4-6-11(15-3)7-5-10/h4-7H,1,8H2,2-3H3. The zero-order valence-corrected chi connectivity index (χ0v) is 10.7. The van der Waals surface area contributed by atoms with Crippen LogP contribution in [0.25, 0.3) is 0 Å². The van der Waals surface area contributed by atoms with Crippen molar-refractivity contribution in [2.75, 3.05) is 0 Å². The Labute approximate surface area is 96.5 Å². The number of esters is 1. The zero-order chi connectivity index (χ0) is 11.3. The van der Waals surface area contributed by atoms with Crippen molar-refractivity contribution in [2.45, 2.75) is 19.4 Å². The maximum atomic E-state index is 11.1. The van der Waals surface area contributed by atoms with Gasteiger partial charge in [-0.05, 0) is 0 Å². The van der Waals surface area contributed by atoms with Crippen molar-refractivity contribution in [1.82, 2.24) is 0 Å². The Hall–Kier alpha value is -1.05. The third-order valence-electron chi connectivity index (χ3n) is 1.88. The normalized spacial score (nSPS) is 9.73. The fourth-order valence-electron chi connectivity index (χ4n) is 0.994. The van der Waals surface area contributed by atoms with Gasteiger partial charge in [-0.25, -0.2) is 0 Å². The number of hydrogen-bond donors (Lipinski definition) is 0. The van der Waals surface area contributed by atoms with Crippen LogP contribution < -0.4 is 4.46 Å². The average molecular weight is 269 g/mol. The second kappa shape index (κ2) is 5.74. The van der Waals surface area contributed by atoms with Crippen LogP contribution in [-0.4, -0.2) is 20.9 Å². The second-order valence-corrected chi connectivity index (χ2v) is 5.05. The Morgan fingerprint density at radius 3 is 2.47 bits per heavy atom. The molecule has 0 N–H and O–H groups in total. The molecule has 1 aromatic carbocycles. The average Bonchev–Trinajstić information content (AvgIpc) is 2.26. The zero-order valence-electron chi connectivity index (χ0n) is 8.95. The van der Waals surface area contributed by atoms with Gasteiger partial charge < -0.3 is 0 Å². The van der Waals surface area contributed by atoms with Gasteiger partial charge in [0, 0.05) is 0 Å². The first kappa shape index (κ1) is 12.0. The van der Waals surface area contributed by atoms with Gasteiger partial charge in [-0.2, -0.15) is 0 Å². The topological polar surface area (TPSA) is 26.3 Å². The minimum absolute atomic E-state index is 0.322. The molecule has 0 bridgehead atoms. The van der Waals surface area contributed by atoms with Crippen LogP contribution in [0.1, 0.15) is 12.5 Å². The van der Waals surface area contributed by atoms with Gasteiger partial charge in [0.25, 0.3) is 0 Å². The van der Waals surface area contributed by atoms with Crippen molar-refractivity contribution in [3.63, 3.8) is 0 Å². The molecule has 0 amide bonds. The Kier molecular flexibility index (Phi) is 4.60. The summed E-state index contributed by atoms with van der Waals surface area (Å²) in [4.78, 5) is 11.1. The molecule has 0 saturated heterocycles. The van der Waals surface area contributed by atoms with E-state index >= 15 is 0 Å². The summed E-state index contributed by atoms with van der Waals surface area (Å²) in [6, 6.07) is 8.13. The predicted octanol–water partition coefficient (Wildman–Crippen LogP) is 1.68. The van der Waals surface area contributed by atoms with Crippen LogP contribution in [0.3, 0.4) is 0 Å². The molecule has 15 heavy (non-hydrogen) atoms. The van der Waals surface area contributed by atoms with Crippen LogP contribution in [0, 0.1) is 0 Å². The molecule has 0 radical (unpaired) electrons. The minimum atomic E-state index is -0.334. The molecule has 0 fully saturated rings. The van der Waals surface area contributed by atoms with Gasteiger partial charge in [0.05, 0.1) is 0 Å². The molecule has 1 aromatic rings. The quantitative estimate of drug-likeness (QED) is 0.472. The first-order valence-electron chi connectivity index (χ1n) is 4.59. The fourth-order valence-corrected chi connectivity index (χ4v) is 1.85. The summed E-state index contributed by atoms with van der Waals surface area (Å²) >= 11 is 0.521. The summed E-state index contributed by atoms with van der Waals surface area (Å²) < 4.78 is 6.37. The first-order chi connectivity index (χ1) is 7.13. The summed E-state index contributed by atoms with van der Waals surface area (Å²) in [6.45, 7) is 5.49. The molecule has 0 aliphatic heterocycles. The monoisotopic (exact) mass is 270 g/mol. The van der Waals surface area contributed by atoms with Gasteiger partial charge >= 0.3 is 96.3 Å². The fraction of sp³-hybridized carbons (Fsp3) is 0.250. The molecule has 1 rings (SSSR count). The van der Waals surface area contributed by atoms with E-state index in [1.807, 2.05) is 12.1 Å². The van der Waals surface area contributed by atoms with E-state index in [2.05, 4.69) is 24.5 Å². The summed E-state index contributed by atoms with van der Waals surface area (Å²) in [7, 11) is 0. The Bertz CT molecular complexity index is 354. The molecule has 0 atom stereocenters. The number of rotatable bonds is 4. The summed E-state index contributed by atoms with van der Waals surface area (Å²) in [6.07, 6.45) is 0. The van der Waals surface area contributed by atoms with Gasteiger partial charge in [0.15, 0.2) is 0 Å². The van der Waals surface area contributed by atoms with Gasteiger partial charge in [0.1, 0.15) is 0 Å². The number of benzene rings is 1. The van der Waals surface area contributed by atoms with Gasteiger partial charge in [-0.3, -0.25) is 0 Å². The summed E-state index contributed by atoms with van der Waals surface area (Å²) in [5, 5.41) is 0. The molecule has 0 aromatic heterocycles. The van der Waals surface area contributed by atoms with E-state index in [1.54, 1.807) is 6.92 Å². The van der Waals surface area contributed by atoms with E-state index in [1.165, 1.54) is 4.46 Å². The predicted molar refractivity (Wildman–Crippen MR) is 62.3 cm³/mol. The van der Waals surface area contributed by atoms with Crippen molar-refractivity contribution in [3.8, 4) is 0 Å². The molecule has 0 heterocycles.